The van der Waals surface area contributed by atoms with Gasteiger partial charge in [-0.15, -0.1) is 0 Å². The van der Waals surface area contributed by atoms with Crippen LogP contribution < -0.4 is 15.8 Å². The fourth-order valence-corrected chi connectivity index (χ4v) is 3.60. The lowest BCUT2D eigenvalue weighted by Crippen LogP contribution is -2.30. The van der Waals surface area contributed by atoms with Crippen LogP contribution in [0.15, 0.2) is 23.1 Å². The van der Waals surface area contributed by atoms with E-state index in [1.807, 2.05) is 0 Å². The van der Waals surface area contributed by atoms with Gasteiger partial charge in [-0.25, -0.2) is 12.7 Å². The minimum absolute atomic E-state index is 0.00400. The topological polar surface area (TPSA) is 111 Å². The Kier molecular flexibility index (Phi) is 6.39. The molecule has 0 aliphatic carbocycles. The van der Waals surface area contributed by atoms with Crippen LogP contribution in [0.25, 0.3) is 0 Å². The molecular weight excluding hydrogens is 346 g/mol. The van der Waals surface area contributed by atoms with Crippen molar-refractivity contribution in [3.05, 3.63) is 18.2 Å². The maximum atomic E-state index is 12.5. The minimum atomic E-state index is -3.71. The Morgan fingerprint density at radius 3 is 2.68 bits per heavy atom. The Morgan fingerprint density at radius 1 is 1.40 bits per heavy atom. The molecule has 8 nitrogen and oxygen atoms in total. The zero-order valence-electron chi connectivity index (χ0n) is 14.7. The first kappa shape index (κ1) is 19.6. The molecule has 1 aliphatic rings. The molecule has 1 fully saturated rings. The van der Waals surface area contributed by atoms with E-state index in [2.05, 4.69) is 5.32 Å². The number of anilines is 1. The van der Waals surface area contributed by atoms with Crippen molar-refractivity contribution in [2.75, 3.05) is 32.6 Å². The summed E-state index contributed by atoms with van der Waals surface area (Å²) in [4.78, 5) is 12.3. The van der Waals surface area contributed by atoms with E-state index in [0.29, 0.717) is 25.3 Å². The number of nitrogens with one attached hydrogen (secondary N) is 1. The fourth-order valence-electron chi connectivity index (χ4n) is 2.55. The second-order valence-electron chi connectivity index (χ2n) is 5.93. The first-order valence-corrected chi connectivity index (χ1v) is 9.59. The number of nitrogens with two attached hydrogens (primary N) is 1. The summed E-state index contributed by atoms with van der Waals surface area (Å²) in [6.45, 7) is 2.48. The number of amides is 1. The van der Waals surface area contributed by atoms with Gasteiger partial charge in [-0.2, -0.15) is 0 Å². The molecule has 2 atom stereocenters. The van der Waals surface area contributed by atoms with Crippen LogP contribution in [-0.4, -0.2) is 58.1 Å². The van der Waals surface area contributed by atoms with Gasteiger partial charge in [0.15, 0.2) is 0 Å². The molecule has 0 aromatic heterocycles. The average Bonchev–Trinajstić information content (AvgIpc) is 3.05. The number of sulfonamides is 1. The second-order valence-corrected chi connectivity index (χ2v) is 8.05. The van der Waals surface area contributed by atoms with Crippen LogP contribution in [0.4, 0.5) is 5.69 Å². The van der Waals surface area contributed by atoms with E-state index in [4.69, 9.17) is 15.2 Å². The number of hydrogen-bond donors (Lipinski definition) is 2. The van der Waals surface area contributed by atoms with Crippen LogP contribution in [0.3, 0.4) is 0 Å². The molecule has 1 aromatic rings. The Morgan fingerprint density at radius 2 is 2.12 bits per heavy atom. The largest absolute Gasteiger partial charge is 0.492 e. The zero-order chi connectivity index (χ0) is 18.6. The highest BCUT2D eigenvalue weighted by Crippen LogP contribution is 2.30. The molecule has 3 N–H and O–H groups in total. The van der Waals surface area contributed by atoms with Gasteiger partial charge in [-0.3, -0.25) is 4.79 Å². The Hall–Kier alpha value is -1.68. The summed E-state index contributed by atoms with van der Waals surface area (Å²) in [6.07, 6.45) is 0.640. The Labute approximate surface area is 148 Å². The van der Waals surface area contributed by atoms with E-state index >= 15 is 0 Å². The molecule has 2 rings (SSSR count). The molecule has 0 radical (unpaired) electrons. The predicted octanol–water partition coefficient (Wildman–Crippen LogP) is 0.780. The number of carbonyl (C=O) groups excluding carboxylic acids is 1. The first-order valence-electron chi connectivity index (χ1n) is 8.15. The van der Waals surface area contributed by atoms with Gasteiger partial charge in [0.1, 0.15) is 16.7 Å². The van der Waals surface area contributed by atoms with Crippen molar-refractivity contribution >= 4 is 21.6 Å². The number of nitrogens with zero attached hydrogens (tertiary/aromatic N) is 1. The summed E-state index contributed by atoms with van der Waals surface area (Å²) in [5, 5.41) is 2.71. The van der Waals surface area contributed by atoms with Crippen molar-refractivity contribution in [3.8, 4) is 5.75 Å². The molecule has 1 aliphatic heterocycles. The molecule has 9 heteroatoms. The molecular formula is C16H25N3O5S. The highest BCUT2D eigenvalue weighted by Gasteiger charge is 2.30. The molecule has 1 heterocycles. The normalized spacial score (nSPS) is 20.7. The summed E-state index contributed by atoms with van der Waals surface area (Å²) in [6, 6.07) is 4.54. The lowest BCUT2D eigenvalue weighted by Gasteiger charge is -2.17. The SMILES string of the molecule is CCOc1ccc(NC(=O)[C@@H]2CC[C@H](CN)O2)cc1S(=O)(=O)N(C)C. The quantitative estimate of drug-likeness (QED) is 0.733. The third-order valence-electron chi connectivity index (χ3n) is 3.93. The lowest BCUT2D eigenvalue weighted by atomic mass is 10.2. The van der Waals surface area contributed by atoms with Crippen LogP contribution >= 0.6 is 0 Å². The summed E-state index contributed by atoms with van der Waals surface area (Å²) >= 11 is 0. The maximum absolute atomic E-state index is 12.5. The van der Waals surface area contributed by atoms with Gasteiger partial charge in [0, 0.05) is 26.3 Å². The molecule has 1 aromatic carbocycles. The van der Waals surface area contributed by atoms with Crippen LogP contribution in [0.2, 0.25) is 0 Å². The average molecular weight is 371 g/mol. The molecule has 140 valence electrons. The first-order chi connectivity index (χ1) is 11.8. The van der Waals surface area contributed by atoms with E-state index in [-0.39, 0.29) is 22.7 Å². The van der Waals surface area contributed by atoms with Crippen molar-refractivity contribution in [1.29, 1.82) is 0 Å². The zero-order valence-corrected chi connectivity index (χ0v) is 15.5. The molecule has 1 saturated heterocycles. The monoisotopic (exact) mass is 371 g/mol. The molecule has 0 bridgehead atoms. The van der Waals surface area contributed by atoms with Crippen LogP contribution in [0, 0.1) is 0 Å². The van der Waals surface area contributed by atoms with E-state index in [0.717, 1.165) is 10.7 Å². The Balaban J connectivity index is 2.23. The molecule has 25 heavy (non-hydrogen) atoms. The highest BCUT2D eigenvalue weighted by molar-refractivity contribution is 7.89. The number of carbonyl (C=O) groups is 1. The second kappa shape index (κ2) is 8.13. The van der Waals surface area contributed by atoms with Crippen molar-refractivity contribution in [1.82, 2.24) is 4.31 Å². The summed E-state index contributed by atoms with van der Waals surface area (Å²) in [5.74, 6) is -0.0668. The predicted molar refractivity (Wildman–Crippen MR) is 94.1 cm³/mol. The highest BCUT2D eigenvalue weighted by atomic mass is 32.2. The van der Waals surface area contributed by atoms with Crippen LogP contribution in [0.5, 0.6) is 5.75 Å². The van der Waals surface area contributed by atoms with Gasteiger partial charge >= 0.3 is 0 Å². The van der Waals surface area contributed by atoms with Gasteiger partial charge in [0.25, 0.3) is 5.91 Å². The van der Waals surface area contributed by atoms with Gasteiger partial charge in [0.2, 0.25) is 10.0 Å². The molecule has 0 saturated carbocycles. The lowest BCUT2D eigenvalue weighted by molar-refractivity contribution is -0.126. The number of rotatable bonds is 7. The molecule has 0 spiro atoms. The summed E-state index contributed by atoms with van der Waals surface area (Å²) < 4.78 is 37.1. The fraction of sp³-hybridized carbons (Fsp3) is 0.562. The smallest absolute Gasteiger partial charge is 0.253 e. The van der Waals surface area contributed by atoms with Crippen LogP contribution in [0.1, 0.15) is 19.8 Å². The van der Waals surface area contributed by atoms with Gasteiger partial charge in [-0.05, 0) is 38.0 Å². The third kappa shape index (κ3) is 4.49. The van der Waals surface area contributed by atoms with Gasteiger partial charge < -0.3 is 20.5 Å². The van der Waals surface area contributed by atoms with E-state index in [1.165, 1.54) is 26.2 Å². The van der Waals surface area contributed by atoms with Crippen molar-refractivity contribution in [3.63, 3.8) is 0 Å². The van der Waals surface area contributed by atoms with Crippen molar-refractivity contribution in [2.24, 2.45) is 5.73 Å². The van der Waals surface area contributed by atoms with Gasteiger partial charge in [-0.1, -0.05) is 0 Å². The third-order valence-corrected chi connectivity index (χ3v) is 5.77. The molecule has 1 amide bonds. The van der Waals surface area contributed by atoms with E-state index in [1.54, 1.807) is 13.0 Å². The summed E-state index contributed by atoms with van der Waals surface area (Å²) in [5.41, 5.74) is 5.92. The van der Waals surface area contributed by atoms with E-state index in [9.17, 15) is 13.2 Å². The Bertz CT molecular complexity index is 720. The van der Waals surface area contributed by atoms with Crippen molar-refractivity contribution < 1.29 is 22.7 Å². The number of benzene rings is 1. The standard InChI is InChI=1S/C16H25N3O5S/c1-4-23-13-7-5-11(9-15(13)25(21,22)19(2)3)18-16(20)14-8-6-12(10-17)24-14/h5,7,9,12,14H,4,6,8,10,17H2,1-3H3,(H,18,20)/t12-,14+/m1/s1. The summed E-state index contributed by atoms with van der Waals surface area (Å²) in [7, 11) is -0.830. The number of hydrogen-bond acceptors (Lipinski definition) is 6. The van der Waals surface area contributed by atoms with Gasteiger partial charge in [0.05, 0.1) is 12.7 Å². The van der Waals surface area contributed by atoms with Crippen molar-refractivity contribution in [2.45, 2.75) is 36.9 Å². The number of ether oxygens (including phenoxy) is 2. The minimum Gasteiger partial charge on any atom is -0.492 e. The molecule has 0 unspecified atom stereocenters. The van der Waals surface area contributed by atoms with E-state index < -0.39 is 16.1 Å². The van der Waals surface area contributed by atoms with Crippen LogP contribution in [-0.2, 0) is 19.6 Å². The maximum Gasteiger partial charge on any atom is 0.253 e.